The molecule has 0 saturated carbocycles. The molecule has 1 rings (SSSR count). The fourth-order valence-corrected chi connectivity index (χ4v) is 1.95. The minimum Gasteiger partial charge on any atom is -0.353 e. The molecule has 0 N–H and O–H groups in total. The van der Waals surface area contributed by atoms with E-state index in [0.29, 0.717) is 19.5 Å². The topological polar surface area (TPSA) is 25.2 Å². The number of amides is 1. The predicted molar refractivity (Wildman–Crippen MR) is 75.2 cm³/mol. The summed E-state index contributed by atoms with van der Waals surface area (Å²) in [7, 11) is 2.00. The molecule has 0 radical (unpaired) electrons. The lowest BCUT2D eigenvalue weighted by Crippen LogP contribution is -2.31. The van der Waals surface area contributed by atoms with Crippen molar-refractivity contribution < 1.29 is 4.79 Å². The molecule has 1 aromatic heterocycles. The van der Waals surface area contributed by atoms with Crippen LogP contribution in [0.25, 0.3) is 0 Å². The molecule has 0 bridgehead atoms. The number of unbranched alkanes of at least 4 members (excludes halogenated alkanes) is 2. The van der Waals surface area contributed by atoms with E-state index in [4.69, 9.17) is 0 Å². The number of carbonyl (C=O) groups is 1. The van der Waals surface area contributed by atoms with Gasteiger partial charge in [-0.1, -0.05) is 25.8 Å². The molecule has 0 spiro atoms. The van der Waals surface area contributed by atoms with Crippen LogP contribution in [0.5, 0.6) is 0 Å². The van der Waals surface area contributed by atoms with Crippen molar-refractivity contribution in [1.29, 1.82) is 0 Å². The van der Waals surface area contributed by atoms with Crippen LogP contribution in [0.3, 0.4) is 0 Å². The molecule has 0 atom stereocenters. The van der Waals surface area contributed by atoms with Gasteiger partial charge in [0.05, 0.1) is 6.54 Å². The van der Waals surface area contributed by atoms with Gasteiger partial charge in [0.25, 0.3) is 0 Å². The Morgan fingerprint density at radius 1 is 1.50 bits per heavy atom. The maximum atomic E-state index is 12.1. The van der Waals surface area contributed by atoms with Gasteiger partial charge >= 0.3 is 0 Å². The number of hydrogen-bond acceptors (Lipinski definition) is 1. The number of aromatic nitrogens is 1. The van der Waals surface area contributed by atoms with E-state index in [2.05, 4.69) is 24.1 Å². The summed E-state index contributed by atoms with van der Waals surface area (Å²) in [6.07, 6.45) is 7.69. The van der Waals surface area contributed by atoms with Gasteiger partial charge < -0.3 is 9.47 Å². The first-order chi connectivity index (χ1) is 8.69. The van der Waals surface area contributed by atoms with Gasteiger partial charge in [0.2, 0.25) is 5.91 Å². The second-order valence-corrected chi connectivity index (χ2v) is 4.63. The van der Waals surface area contributed by atoms with Crippen LogP contribution in [0, 0.1) is 0 Å². The van der Waals surface area contributed by atoms with Crippen LogP contribution in [0.4, 0.5) is 0 Å². The van der Waals surface area contributed by atoms with Gasteiger partial charge in [-0.25, -0.2) is 0 Å². The zero-order valence-electron chi connectivity index (χ0n) is 11.6. The Bertz CT molecular complexity index is 382. The Labute approximate surface area is 110 Å². The van der Waals surface area contributed by atoms with E-state index in [-0.39, 0.29) is 5.91 Å². The van der Waals surface area contributed by atoms with Gasteiger partial charge in [0.1, 0.15) is 0 Å². The van der Waals surface area contributed by atoms with E-state index in [1.807, 2.05) is 24.2 Å². The quantitative estimate of drug-likeness (QED) is 0.512. The van der Waals surface area contributed by atoms with Crippen LogP contribution in [-0.2, 0) is 18.4 Å². The average Bonchev–Trinajstić information content (AvgIpc) is 2.75. The number of hydrogen-bond donors (Lipinski definition) is 0. The molecular formula is C15H24N2O. The summed E-state index contributed by atoms with van der Waals surface area (Å²) in [4.78, 5) is 14.0. The molecule has 0 aliphatic heterocycles. The standard InChI is InChI=1S/C15H24N2O/c1-4-6-7-10-15(18)17(11-5-2)13-14-9-8-12-16(14)3/h5,8-9,12H,2,4,6-7,10-11,13H2,1,3H3. The molecule has 1 aromatic rings. The summed E-state index contributed by atoms with van der Waals surface area (Å²) in [5, 5.41) is 0. The first-order valence-electron chi connectivity index (χ1n) is 6.68. The van der Waals surface area contributed by atoms with Crippen molar-refractivity contribution >= 4 is 5.91 Å². The largest absolute Gasteiger partial charge is 0.353 e. The number of aryl methyl sites for hydroxylation is 1. The van der Waals surface area contributed by atoms with Crippen LogP contribution in [0.2, 0.25) is 0 Å². The zero-order valence-corrected chi connectivity index (χ0v) is 11.6. The second-order valence-electron chi connectivity index (χ2n) is 4.63. The van der Waals surface area contributed by atoms with Crippen LogP contribution < -0.4 is 0 Å². The molecule has 0 unspecified atom stereocenters. The van der Waals surface area contributed by atoms with Crippen molar-refractivity contribution in [3.8, 4) is 0 Å². The lowest BCUT2D eigenvalue weighted by atomic mass is 10.2. The molecule has 0 aliphatic carbocycles. The molecule has 100 valence electrons. The molecule has 0 aliphatic rings. The molecule has 1 amide bonds. The highest BCUT2D eigenvalue weighted by molar-refractivity contribution is 5.76. The van der Waals surface area contributed by atoms with E-state index < -0.39 is 0 Å². The van der Waals surface area contributed by atoms with Crippen molar-refractivity contribution in [3.05, 3.63) is 36.7 Å². The summed E-state index contributed by atoms with van der Waals surface area (Å²) in [6.45, 7) is 7.17. The highest BCUT2D eigenvalue weighted by atomic mass is 16.2. The van der Waals surface area contributed by atoms with Crippen LogP contribution in [0.15, 0.2) is 31.0 Å². The second kappa shape index (κ2) is 7.75. The normalized spacial score (nSPS) is 10.3. The van der Waals surface area contributed by atoms with E-state index in [0.717, 1.165) is 25.0 Å². The minimum atomic E-state index is 0.226. The van der Waals surface area contributed by atoms with Crippen molar-refractivity contribution in [2.45, 2.75) is 39.2 Å². The third-order valence-corrected chi connectivity index (χ3v) is 3.10. The Kier molecular flexibility index (Phi) is 6.26. The van der Waals surface area contributed by atoms with Gasteiger partial charge in [-0.3, -0.25) is 4.79 Å². The first-order valence-corrected chi connectivity index (χ1v) is 6.68. The fourth-order valence-electron chi connectivity index (χ4n) is 1.95. The van der Waals surface area contributed by atoms with Crippen LogP contribution in [0.1, 0.15) is 38.3 Å². The van der Waals surface area contributed by atoms with Gasteiger partial charge in [0.15, 0.2) is 0 Å². The molecular weight excluding hydrogens is 224 g/mol. The Morgan fingerprint density at radius 3 is 2.83 bits per heavy atom. The smallest absolute Gasteiger partial charge is 0.223 e. The van der Waals surface area contributed by atoms with Crippen molar-refractivity contribution in [2.24, 2.45) is 7.05 Å². The summed E-state index contributed by atoms with van der Waals surface area (Å²) in [6, 6.07) is 4.05. The SMILES string of the molecule is C=CCN(Cc1cccn1C)C(=O)CCCCC. The van der Waals surface area contributed by atoms with Crippen LogP contribution in [-0.4, -0.2) is 21.9 Å². The maximum Gasteiger partial charge on any atom is 0.223 e. The third kappa shape index (κ3) is 4.40. The summed E-state index contributed by atoms with van der Waals surface area (Å²) in [5.74, 6) is 0.226. The fraction of sp³-hybridized carbons (Fsp3) is 0.533. The van der Waals surface area contributed by atoms with E-state index in [9.17, 15) is 4.79 Å². The number of rotatable bonds is 8. The summed E-state index contributed by atoms with van der Waals surface area (Å²) in [5.41, 5.74) is 1.15. The van der Waals surface area contributed by atoms with Crippen molar-refractivity contribution in [2.75, 3.05) is 6.54 Å². The minimum absolute atomic E-state index is 0.226. The Hall–Kier alpha value is -1.51. The molecule has 1 heterocycles. The average molecular weight is 248 g/mol. The Morgan fingerprint density at radius 2 is 2.28 bits per heavy atom. The summed E-state index contributed by atoms with van der Waals surface area (Å²) < 4.78 is 2.05. The van der Waals surface area contributed by atoms with Gasteiger partial charge in [-0.15, -0.1) is 6.58 Å². The predicted octanol–water partition coefficient (Wildman–Crippen LogP) is 3.12. The monoisotopic (exact) mass is 248 g/mol. The zero-order chi connectivity index (χ0) is 13.4. The van der Waals surface area contributed by atoms with Gasteiger partial charge in [-0.05, 0) is 18.6 Å². The lowest BCUT2D eigenvalue weighted by Gasteiger charge is -2.21. The van der Waals surface area contributed by atoms with Gasteiger partial charge in [0, 0.05) is 31.9 Å². The maximum absolute atomic E-state index is 12.1. The number of carbonyl (C=O) groups excluding carboxylic acids is 1. The molecule has 0 aromatic carbocycles. The lowest BCUT2D eigenvalue weighted by molar-refractivity contribution is -0.131. The first kappa shape index (κ1) is 14.6. The molecule has 18 heavy (non-hydrogen) atoms. The molecule has 0 fully saturated rings. The van der Waals surface area contributed by atoms with Crippen molar-refractivity contribution in [3.63, 3.8) is 0 Å². The highest BCUT2D eigenvalue weighted by Gasteiger charge is 2.13. The Balaban J connectivity index is 2.56. The van der Waals surface area contributed by atoms with Gasteiger partial charge in [-0.2, -0.15) is 0 Å². The third-order valence-electron chi connectivity index (χ3n) is 3.10. The summed E-state index contributed by atoms with van der Waals surface area (Å²) >= 11 is 0. The highest BCUT2D eigenvalue weighted by Crippen LogP contribution is 2.09. The molecule has 3 nitrogen and oxygen atoms in total. The molecule has 3 heteroatoms. The van der Waals surface area contributed by atoms with Crippen molar-refractivity contribution in [1.82, 2.24) is 9.47 Å². The number of nitrogens with zero attached hydrogens (tertiary/aromatic N) is 2. The van der Waals surface area contributed by atoms with E-state index >= 15 is 0 Å². The van der Waals surface area contributed by atoms with E-state index in [1.165, 1.54) is 0 Å². The van der Waals surface area contributed by atoms with Crippen LogP contribution >= 0.6 is 0 Å². The molecule has 0 saturated heterocycles. The van der Waals surface area contributed by atoms with E-state index in [1.54, 1.807) is 6.08 Å².